The van der Waals surface area contributed by atoms with Crippen LogP contribution in [0, 0.1) is 17.6 Å². The van der Waals surface area contributed by atoms with Gasteiger partial charge in [0.1, 0.15) is 16.5 Å². The predicted molar refractivity (Wildman–Crippen MR) is 95.0 cm³/mol. The van der Waals surface area contributed by atoms with Gasteiger partial charge in [0.05, 0.1) is 0 Å². The summed E-state index contributed by atoms with van der Waals surface area (Å²) >= 11 is 0. The van der Waals surface area contributed by atoms with E-state index in [4.69, 9.17) is 0 Å². The van der Waals surface area contributed by atoms with Gasteiger partial charge in [0.25, 0.3) is 0 Å². The molecule has 0 unspecified atom stereocenters. The lowest BCUT2D eigenvalue weighted by Crippen LogP contribution is -2.43. The predicted octanol–water partition coefficient (Wildman–Crippen LogP) is 3.06. The number of piperidine rings is 1. The molecule has 1 fully saturated rings. The highest BCUT2D eigenvalue weighted by molar-refractivity contribution is 7.89. The van der Waals surface area contributed by atoms with Crippen molar-refractivity contribution in [1.82, 2.24) is 9.62 Å². The van der Waals surface area contributed by atoms with Crippen molar-refractivity contribution in [2.24, 2.45) is 5.92 Å². The Morgan fingerprint density at radius 1 is 1.19 bits per heavy atom. The summed E-state index contributed by atoms with van der Waals surface area (Å²) in [6.45, 7) is 2.99. The lowest BCUT2D eigenvalue weighted by Gasteiger charge is -2.30. The molecule has 1 amide bonds. The molecular formula is C18H26F2N2O3S. The Balaban J connectivity index is 1.89. The quantitative estimate of drug-likeness (QED) is 0.696. The van der Waals surface area contributed by atoms with E-state index in [1.807, 2.05) is 0 Å². The van der Waals surface area contributed by atoms with Crippen molar-refractivity contribution in [2.45, 2.75) is 50.3 Å². The van der Waals surface area contributed by atoms with Crippen LogP contribution < -0.4 is 5.32 Å². The normalized spacial score (nSPS) is 16.6. The summed E-state index contributed by atoms with van der Waals surface area (Å²) in [7, 11) is -4.10. The minimum absolute atomic E-state index is 0.0597. The van der Waals surface area contributed by atoms with E-state index in [9.17, 15) is 22.0 Å². The second kappa shape index (κ2) is 9.41. The highest BCUT2D eigenvalue weighted by Crippen LogP contribution is 2.26. The fourth-order valence-electron chi connectivity index (χ4n) is 3.08. The van der Waals surface area contributed by atoms with Gasteiger partial charge in [-0.05, 0) is 37.5 Å². The Kier molecular flexibility index (Phi) is 7.52. The molecule has 1 N–H and O–H groups in total. The van der Waals surface area contributed by atoms with Crippen molar-refractivity contribution < 1.29 is 22.0 Å². The van der Waals surface area contributed by atoms with Crippen LogP contribution in [0.1, 0.15) is 45.4 Å². The number of rotatable bonds is 8. The van der Waals surface area contributed by atoms with Crippen LogP contribution in [-0.2, 0) is 14.8 Å². The smallest absolute Gasteiger partial charge is 0.246 e. The van der Waals surface area contributed by atoms with Crippen LogP contribution in [0.25, 0.3) is 0 Å². The number of halogens is 2. The molecule has 0 bridgehead atoms. The van der Waals surface area contributed by atoms with Gasteiger partial charge < -0.3 is 5.32 Å². The third-order valence-electron chi connectivity index (χ3n) is 4.67. The average molecular weight is 388 g/mol. The first-order chi connectivity index (χ1) is 12.4. The standard InChI is InChI=1S/C18H26F2N2O3S/c1-2-3-4-5-10-21-18(23)14-8-11-22(12-9-14)26(24,25)17-13-15(19)6-7-16(17)20/h6-7,13-14H,2-5,8-12H2,1H3,(H,21,23). The number of benzene rings is 1. The molecule has 1 heterocycles. The Hall–Kier alpha value is -1.54. The Morgan fingerprint density at radius 2 is 1.88 bits per heavy atom. The number of carbonyl (C=O) groups excluding carboxylic acids is 1. The van der Waals surface area contributed by atoms with E-state index in [0.717, 1.165) is 42.1 Å². The summed E-state index contributed by atoms with van der Waals surface area (Å²) in [5.74, 6) is -2.08. The van der Waals surface area contributed by atoms with Crippen molar-refractivity contribution in [1.29, 1.82) is 0 Å². The van der Waals surface area contributed by atoms with E-state index in [2.05, 4.69) is 12.2 Å². The number of nitrogens with zero attached hydrogens (tertiary/aromatic N) is 1. The van der Waals surface area contributed by atoms with E-state index < -0.39 is 26.6 Å². The fraction of sp³-hybridized carbons (Fsp3) is 0.611. The summed E-state index contributed by atoms with van der Waals surface area (Å²) in [6, 6.07) is 2.38. The monoisotopic (exact) mass is 388 g/mol. The van der Waals surface area contributed by atoms with E-state index >= 15 is 0 Å². The number of sulfonamides is 1. The second-order valence-electron chi connectivity index (χ2n) is 6.60. The van der Waals surface area contributed by atoms with E-state index in [1.165, 1.54) is 0 Å². The third-order valence-corrected chi connectivity index (χ3v) is 6.58. The van der Waals surface area contributed by atoms with Gasteiger partial charge in [-0.1, -0.05) is 26.2 Å². The van der Waals surface area contributed by atoms with Crippen LogP contribution >= 0.6 is 0 Å². The minimum Gasteiger partial charge on any atom is -0.356 e. The first kappa shape index (κ1) is 20.8. The lowest BCUT2D eigenvalue weighted by molar-refractivity contribution is -0.126. The molecule has 0 spiro atoms. The largest absolute Gasteiger partial charge is 0.356 e. The molecular weight excluding hydrogens is 362 g/mol. The molecule has 1 aliphatic rings. The lowest BCUT2D eigenvalue weighted by atomic mass is 9.97. The van der Waals surface area contributed by atoms with Gasteiger partial charge >= 0.3 is 0 Å². The van der Waals surface area contributed by atoms with Crippen molar-refractivity contribution in [3.8, 4) is 0 Å². The molecule has 0 aromatic heterocycles. The maximum absolute atomic E-state index is 13.8. The van der Waals surface area contributed by atoms with Crippen molar-refractivity contribution in [3.63, 3.8) is 0 Å². The summed E-state index contributed by atoms with van der Waals surface area (Å²) < 4.78 is 53.3. The minimum atomic E-state index is -4.10. The van der Waals surface area contributed by atoms with Gasteiger partial charge in [0.15, 0.2) is 0 Å². The van der Waals surface area contributed by atoms with E-state index in [1.54, 1.807) is 0 Å². The van der Waals surface area contributed by atoms with E-state index in [-0.39, 0.29) is 24.9 Å². The highest BCUT2D eigenvalue weighted by atomic mass is 32.2. The molecule has 0 atom stereocenters. The van der Waals surface area contributed by atoms with Gasteiger partial charge in [-0.3, -0.25) is 4.79 Å². The van der Waals surface area contributed by atoms with Gasteiger partial charge in [-0.2, -0.15) is 4.31 Å². The zero-order valence-electron chi connectivity index (χ0n) is 15.0. The van der Waals surface area contributed by atoms with Crippen LogP contribution in [0.5, 0.6) is 0 Å². The molecule has 0 radical (unpaired) electrons. The Bertz CT molecular complexity index is 717. The number of carbonyl (C=O) groups is 1. The molecule has 26 heavy (non-hydrogen) atoms. The van der Waals surface area contributed by atoms with Crippen LogP contribution in [0.15, 0.2) is 23.1 Å². The first-order valence-electron chi connectivity index (χ1n) is 9.09. The zero-order chi connectivity index (χ0) is 19.2. The van der Waals surface area contributed by atoms with Crippen molar-refractivity contribution in [3.05, 3.63) is 29.8 Å². The average Bonchev–Trinajstić information content (AvgIpc) is 2.63. The number of nitrogens with one attached hydrogen (secondary N) is 1. The highest BCUT2D eigenvalue weighted by Gasteiger charge is 2.33. The summed E-state index contributed by atoms with van der Waals surface area (Å²) in [4.78, 5) is 11.5. The number of unbranched alkanes of at least 4 members (excludes halogenated alkanes) is 3. The van der Waals surface area contributed by atoms with Gasteiger partial charge in [0.2, 0.25) is 15.9 Å². The molecule has 1 saturated heterocycles. The molecule has 0 aliphatic carbocycles. The van der Waals surface area contributed by atoms with Gasteiger partial charge in [-0.15, -0.1) is 0 Å². The summed E-state index contributed by atoms with van der Waals surface area (Å²) in [5.41, 5.74) is 0. The Labute approximate surface area is 153 Å². The topological polar surface area (TPSA) is 66.5 Å². The second-order valence-corrected chi connectivity index (χ2v) is 8.51. The van der Waals surface area contributed by atoms with E-state index in [0.29, 0.717) is 25.5 Å². The zero-order valence-corrected chi connectivity index (χ0v) is 15.8. The van der Waals surface area contributed by atoms with Crippen LogP contribution in [0.4, 0.5) is 8.78 Å². The van der Waals surface area contributed by atoms with Crippen LogP contribution in [0.2, 0.25) is 0 Å². The number of amides is 1. The molecule has 1 aliphatic heterocycles. The van der Waals surface area contributed by atoms with Gasteiger partial charge in [-0.25, -0.2) is 17.2 Å². The number of hydrogen-bond acceptors (Lipinski definition) is 3. The summed E-state index contributed by atoms with van der Waals surface area (Å²) in [5, 5.41) is 2.90. The Morgan fingerprint density at radius 3 is 2.54 bits per heavy atom. The molecule has 0 saturated carbocycles. The van der Waals surface area contributed by atoms with Crippen molar-refractivity contribution in [2.75, 3.05) is 19.6 Å². The maximum atomic E-state index is 13.8. The first-order valence-corrected chi connectivity index (χ1v) is 10.5. The maximum Gasteiger partial charge on any atom is 0.246 e. The molecule has 5 nitrogen and oxygen atoms in total. The summed E-state index contributed by atoms with van der Waals surface area (Å²) in [6.07, 6.45) is 5.03. The van der Waals surface area contributed by atoms with Crippen molar-refractivity contribution >= 4 is 15.9 Å². The van der Waals surface area contributed by atoms with Crippen LogP contribution in [0.3, 0.4) is 0 Å². The SMILES string of the molecule is CCCCCCNC(=O)C1CCN(S(=O)(=O)c2cc(F)ccc2F)CC1. The van der Waals surface area contributed by atoms with Gasteiger partial charge in [0, 0.05) is 25.6 Å². The molecule has 1 aromatic rings. The third kappa shape index (κ3) is 5.23. The van der Waals surface area contributed by atoms with Crippen LogP contribution in [-0.4, -0.2) is 38.3 Å². The molecule has 1 aromatic carbocycles. The molecule has 8 heteroatoms. The number of hydrogen-bond donors (Lipinski definition) is 1. The molecule has 2 rings (SSSR count). The molecule has 146 valence electrons. The fourth-order valence-corrected chi connectivity index (χ4v) is 4.63.